The van der Waals surface area contributed by atoms with Crippen LogP contribution in [0, 0.1) is 0 Å². The molecular weight excluding hydrogens is 266 g/mol. The number of anilines is 1. The average Bonchev–Trinajstić information content (AvgIpc) is 2.49. The third-order valence-corrected chi connectivity index (χ3v) is 3.37. The fourth-order valence-corrected chi connectivity index (χ4v) is 2.45. The Morgan fingerprint density at radius 1 is 0.952 bits per heavy atom. The number of aromatic nitrogens is 1. The van der Waals surface area contributed by atoms with Crippen molar-refractivity contribution < 1.29 is 9.59 Å². The Labute approximate surface area is 122 Å². The summed E-state index contributed by atoms with van der Waals surface area (Å²) in [5, 5.41) is 0. The van der Waals surface area contributed by atoms with Gasteiger partial charge in [0.1, 0.15) is 0 Å². The predicted octanol–water partition coefficient (Wildman–Crippen LogP) is 1.46. The number of carbonyl (C=O) groups excluding carboxylic acids is 2. The van der Waals surface area contributed by atoms with E-state index in [9.17, 15) is 9.59 Å². The molecule has 0 spiro atoms. The van der Waals surface area contributed by atoms with E-state index in [1.807, 2.05) is 35.2 Å². The maximum atomic E-state index is 12.2. The van der Waals surface area contributed by atoms with Gasteiger partial charge in [-0.3, -0.25) is 19.5 Å². The first kappa shape index (κ1) is 13.5. The molecule has 5 nitrogen and oxygen atoms in total. The van der Waals surface area contributed by atoms with Crippen LogP contribution in [0.5, 0.6) is 0 Å². The second-order valence-corrected chi connectivity index (χ2v) is 4.96. The van der Waals surface area contributed by atoms with Crippen molar-refractivity contribution in [2.45, 2.75) is 6.54 Å². The molecule has 1 aromatic heterocycles. The van der Waals surface area contributed by atoms with Crippen LogP contribution in [-0.4, -0.2) is 34.8 Å². The standard InChI is InChI=1S/C16H15N3O2/c20-15-11-18(10-13-5-2-1-3-6-13)12-16(21)19(15)14-7-4-8-17-9-14/h1-9H,10-12H2. The molecule has 1 saturated heterocycles. The Bertz CT molecular complexity index is 625. The van der Waals surface area contributed by atoms with E-state index in [4.69, 9.17) is 0 Å². The minimum absolute atomic E-state index is 0.213. The number of imide groups is 1. The molecule has 0 aliphatic carbocycles. The van der Waals surface area contributed by atoms with Crippen LogP contribution >= 0.6 is 0 Å². The number of piperazine rings is 1. The molecule has 2 aromatic rings. The van der Waals surface area contributed by atoms with Gasteiger partial charge in [-0.25, -0.2) is 4.90 Å². The fraction of sp³-hybridized carbons (Fsp3) is 0.188. The zero-order valence-electron chi connectivity index (χ0n) is 11.5. The van der Waals surface area contributed by atoms with Crippen molar-refractivity contribution in [3.63, 3.8) is 0 Å². The van der Waals surface area contributed by atoms with Gasteiger partial charge in [-0.15, -0.1) is 0 Å². The van der Waals surface area contributed by atoms with Crippen LogP contribution in [0.1, 0.15) is 5.56 Å². The molecule has 2 amide bonds. The molecule has 2 heterocycles. The van der Waals surface area contributed by atoms with Gasteiger partial charge in [-0.1, -0.05) is 30.3 Å². The summed E-state index contributed by atoms with van der Waals surface area (Å²) in [6.07, 6.45) is 3.15. The summed E-state index contributed by atoms with van der Waals surface area (Å²) in [5.74, 6) is -0.426. The summed E-state index contributed by atoms with van der Waals surface area (Å²) in [4.78, 5) is 31.5. The molecule has 0 bridgehead atoms. The number of hydrogen-bond donors (Lipinski definition) is 0. The van der Waals surface area contributed by atoms with Gasteiger partial charge in [0.25, 0.3) is 0 Å². The zero-order valence-corrected chi connectivity index (χ0v) is 11.5. The summed E-state index contributed by atoms with van der Waals surface area (Å²) in [6.45, 7) is 1.06. The SMILES string of the molecule is O=C1CN(Cc2ccccc2)CC(=O)N1c1cccnc1. The molecule has 1 aliphatic heterocycles. The normalized spacial score (nSPS) is 16.3. The average molecular weight is 281 g/mol. The van der Waals surface area contributed by atoms with Crippen molar-refractivity contribution in [1.82, 2.24) is 9.88 Å². The summed E-state index contributed by atoms with van der Waals surface area (Å²) in [6, 6.07) is 13.3. The highest BCUT2D eigenvalue weighted by Crippen LogP contribution is 2.17. The Morgan fingerprint density at radius 3 is 2.29 bits per heavy atom. The first-order valence-corrected chi connectivity index (χ1v) is 6.76. The van der Waals surface area contributed by atoms with Crippen LogP contribution in [0.15, 0.2) is 54.9 Å². The Morgan fingerprint density at radius 2 is 1.67 bits per heavy atom. The van der Waals surface area contributed by atoms with Crippen LogP contribution in [-0.2, 0) is 16.1 Å². The number of hydrogen-bond acceptors (Lipinski definition) is 4. The number of carbonyl (C=O) groups is 2. The third kappa shape index (κ3) is 2.98. The highest BCUT2D eigenvalue weighted by molar-refractivity contribution is 6.17. The first-order chi connectivity index (χ1) is 10.2. The lowest BCUT2D eigenvalue weighted by atomic mass is 10.2. The topological polar surface area (TPSA) is 53.5 Å². The Kier molecular flexibility index (Phi) is 3.75. The van der Waals surface area contributed by atoms with Gasteiger partial charge in [-0.2, -0.15) is 0 Å². The van der Waals surface area contributed by atoms with E-state index < -0.39 is 0 Å². The molecule has 1 aromatic carbocycles. The molecule has 0 radical (unpaired) electrons. The van der Waals surface area contributed by atoms with Crippen molar-refractivity contribution in [2.24, 2.45) is 0 Å². The Hall–Kier alpha value is -2.53. The van der Waals surface area contributed by atoms with E-state index in [1.54, 1.807) is 18.3 Å². The van der Waals surface area contributed by atoms with Gasteiger partial charge < -0.3 is 0 Å². The second kappa shape index (κ2) is 5.85. The summed E-state index contributed by atoms with van der Waals surface area (Å²) < 4.78 is 0. The number of amides is 2. The molecule has 21 heavy (non-hydrogen) atoms. The molecule has 0 unspecified atom stereocenters. The van der Waals surface area contributed by atoms with Gasteiger partial charge >= 0.3 is 0 Å². The van der Waals surface area contributed by atoms with Crippen molar-refractivity contribution in [3.8, 4) is 0 Å². The van der Waals surface area contributed by atoms with E-state index in [2.05, 4.69) is 4.98 Å². The maximum Gasteiger partial charge on any atom is 0.248 e. The van der Waals surface area contributed by atoms with Crippen molar-refractivity contribution in [1.29, 1.82) is 0 Å². The number of pyridine rings is 1. The monoisotopic (exact) mass is 281 g/mol. The molecule has 1 aliphatic rings. The smallest absolute Gasteiger partial charge is 0.248 e. The van der Waals surface area contributed by atoms with Gasteiger partial charge in [-0.05, 0) is 17.7 Å². The molecule has 5 heteroatoms. The fourth-order valence-electron chi connectivity index (χ4n) is 2.45. The van der Waals surface area contributed by atoms with Crippen molar-refractivity contribution in [3.05, 3.63) is 60.4 Å². The summed E-state index contributed by atoms with van der Waals surface area (Å²) >= 11 is 0. The molecule has 1 fully saturated rings. The lowest BCUT2D eigenvalue weighted by Crippen LogP contribution is -2.53. The molecular formula is C16H15N3O2. The lowest BCUT2D eigenvalue weighted by Gasteiger charge is -2.32. The molecule has 0 atom stereocenters. The minimum Gasteiger partial charge on any atom is -0.281 e. The van der Waals surface area contributed by atoms with Crippen LogP contribution in [0.3, 0.4) is 0 Å². The van der Waals surface area contributed by atoms with E-state index in [-0.39, 0.29) is 24.9 Å². The third-order valence-electron chi connectivity index (χ3n) is 3.37. The summed E-state index contributed by atoms with van der Waals surface area (Å²) in [7, 11) is 0. The number of nitrogens with zero attached hydrogens (tertiary/aromatic N) is 3. The van der Waals surface area contributed by atoms with Crippen molar-refractivity contribution >= 4 is 17.5 Å². The Balaban J connectivity index is 1.73. The number of benzene rings is 1. The largest absolute Gasteiger partial charge is 0.281 e. The van der Waals surface area contributed by atoms with E-state index in [1.165, 1.54) is 11.1 Å². The van der Waals surface area contributed by atoms with Crippen LogP contribution in [0.4, 0.5) is 5.69 Å². The lowest BCUT2D eigenvalue weighted by molar-refractivity contribution is -0.132. The second-order valence-electron chi connectivity index (χ2n) is 4.96. The predicted molar refractivity (Wildman–Crippen MR) is 78.4 cm³/mol. The van der Waals surface area contributed by atoms with Crippen LogP contribution in [0.25, 0.3) is 0 Å². The van der Waals surface area contributed by atoms with E-state index >= 15 is 0 Å². The minimum atomic E-state index is -0.213. The highest BCUT2D eigenvalue weighted by Gasteiger charge is 2.32. The molecule has 106 valence electrons. The van der Waals surface area contributed by atoms with E-state index in [0.29, 0.717) is 12.2 Å². The molecule has 0 N–H and O–H groups in total. The first-order valence-electron chi connectivity index (χ1n) is 6.76. The highest BCUT2D eigenvalue weighted by atomic mass is 16.2. The summed E-state index contributed by atoms with van der Waals surface area (Å²) in [5.41, 5.74) is 1.62. The zero-order chi connectivity index (χ0) is 14.7. The van der Waals surface area contributed by atoms with Gasteiger partial charge in [0.05, 0.1) is 25.0 Å². The maximum absolute atomic E-state index is 12.2. The molecule has 3 rings (SSSR count). The van der Waals surface area contributed by atoms with Crippen LogP contribution in [0.2, 0.25) is 0 Å². The van der Waals surface area contributed by atoms with Gasteiger partial charge in [0.15, 0.2) is 0 Å². The van der Waals surface area contributed by atoms with Crippen molar-refractivity contribution in [2.75, 3.05) is 18.0 Å². The quantitative estimate of drug-likeness (QED) is 0.799. The van der Waals surface area contributed by atoms with Gasteiger partial charge in [0, 0.05) is 12.7 Å². The molecule has 0 saturated carbocycles. The van der Waals surface area contributed by atoms with E-state index in [0.717, 1.165) is 5.56 Å². The number of rotatable bonds is 3. The van der Waals surface area contributed by atoms with Crippen LogP contribution < -0.4 is 4.90 Å². The van der Waals surface area contributed by atoms with Gasteiger partial charge in [0.2, 0.25) is 11.8 Å².